The molecule has 0 saturated carbocycles. The second kappa shape index (κ2) is 13.4. The van der Waals surface area contributed by atoms with Gasteiger partial charge in [0.1, 0.15) is 11.2 Å². The van der Waals surface area contributed by atoms with Gasteiger partial charge in [0, 0.05) is 43.9 Å². The molecule has 0 atom stereocenters. The summed E-state index contributed by atoms with van der Waals surface area (Å²) in [5.41, 5.74) is 12.7. The molecule has 0 radical (unpaired) electrons. The minimum Gasteiger partial charge on any atom is -0.456 e. The third-order valence-corrected chi connectivity index (χ3v) is 11.7. The average molecular weight is 755 g/mol. The van der Waals surface area contributed by atoms with Gasteiger partial charge in [-0.2, -0.15) is 0 Å². The lowest BCUT2D eigenvalue weighted by Gasteiger charge is -2.10. The van der Waals surface area contributed by atoms with Crippen molar-refractivity contribution in [1.29, 1.82) is 0 Å². The van der Waals surface area contributed by atoms with E-state index in [0.29, 0.717) is 17.5 Å². The summed E-state index contributed by atoms with van der Waals surface area (Å²) in [7, 11) is 0. The minimum atomic E-state index is 0.588. The fraction of sp³-hybridized carbons (Fsp3) is 0.0185. The summed E-state index contributed by atoms with van der Waals surface area (Å²) in [6, 6.07) is 59.5. The van der Waals surface area contributed by atoms with Crippen LogP contribution in [0.1, 0.15) is 11.1 Å². The Labute approximate surface area is 339 Å². The van der Waals surface area contributed by atoms with Gasteiger partial charge in [-0.15, -0.1) is 0 Å². The zero-order chi connectivity index (χ0) is 38.9. The van der Waals surface area contributed by atoms with Gasteiger partial charge >= 0.3 is 0 Å². The van der Waals surface area contributed by atoms with E-state index in [2.05, 4.69) is 162 Å². The maximum absolute atomic E-state index is 6.60. The van der Waals surface area contributed by atoms with Crippen LogP contribution < -0.4 is 0 Å². The molecular weight excluding hydrogens is 721 g/mol. The Bertz CT molecular complexity index is 3500. The number of furan rings is 1. The molecule has 1 aliphatic carbocycles. The van der Waals surface area contributed by atoms with Gasteiger partial charge in [-0.25, -0.2) is 15.0 Å². The predicted octanol–water partition coefficient (Wildman–Crippen LogP) is 13.8. The molecular formula is C54H34N4O. The summed E-state index contributed by atoms with van der Waals surface area (Å²) in [4.78, 5) is 15.0. The molecule has 0 saturated heterocycles. The topological polar surface area (TPSA) is 56.7 Å². The molecule has 0 spiro atoms. The molecule has 8 aromatic carbocycles. The van der Waals surface area contributed by atoms with Crippen LogP contribution in [0.25, 0.3) is 112 Å². The lowest BCUT2D eigenvalue weighted by atomic mass is 9.96. The summed E-state index contributed by atoms with van der Waals surface area (Å²) in [5.74, 6) is 1.82. The predicted molar refractivity (Wildman–Crippen MR) is 243 cm³/mol. The largest absolute Gasteiger partial charge is 0.456 e. The number of rotatable bonds is 5. The normalized spacial score (nSPS) is 12.5. The van der Waals surface area contributed by atoms with Crippen LogP contribution in [-0.4, -0.2) is 19.5 Å². The van der Waals surface area contributed by atoms with Crippen LogP contribution in [0.5, 0.6) is 0 Å². The summed E-state index contributed by atoms with van der Waals surface area (Å²) in [6.07, 6.45) is 9.74. The first-order valence-electron chi connectivity index (χ1n) is 20.0. The molecule has 0 unspecified atom stereocenters. The monoisotopic (exact) mass is 754 g/mol. The molecule has 0 N–H and O–H groups in total. The molecule has 1 aliphatic rings. The molecule has 0 fully saturated rings. The number of nitrogens with zero attached hydrogens (tertiary/aromatic N) is 4. The molecule has 12 rings (SSSR count). The molecule has 3 heterocycles. The number of fused-ring (bicyclic) bond motifs is 10. The summed E-state index contributed by atoms with van der Waals surface area (Å²) in [6.45, 7) is 0. The van der Waals surface area contributed by atoms with E-state index in [1.807, 2.05) is 36.4 Å². The van der Waals surface area contributed by atoms with Crippen LogP contribution in [0.4, 0.5) is 0 Å². The van der Waals surface area contributed by atoms with Gasteiger partial charge < -0.3 is 8.98 Å². The van der Waals surface area contributed by atoms with E-state index in [0.717, 1.165) is 56.3 Å². The van der Waals surface area contributed by atoms with Gasteiger partial charge in [0.05, 0.1) is 11.0 Å². The Balaban J connectivity index is 0.996. The zero-order valence-electron chi connectivity index (χ0n) is 31.9. The second-order valence-corrected chi connectivity index (χ2v) is 15.1. The van der Waals surface area contributed by atoms with Gasteiger partial charge in [-0.05, 0) is 81.9 Å². The first-order chi connectivity index (χ1) is 29.2. The maximum atomic E-state index is 6.60. The SMILES string of the molecule is C1=CCc2ccc3c(c2C=C1)c1c2ccccc2ccc1n3-c1ccc2oc3cc(-c4nc(-c5ccccc5)nc(-c5ccc(-c6ccccc6)cc5)n4)ccc3c2c1. The Hall–Kier alpha value is -7.89. The van der Waals surface area contributed by atoms with Crippen molar-refractivity contribution >= 4 is 60.6 Å². The number of allylic oxidation sites excluding steroid dienone is 3. The molecule has 0 aliphatic heterocycles. The van der Waals surface area contributed by atoms with E-state index < -0.39 is 0 Å². The van der Waals surface area contributed by atoms with E-state index >= 15 is 0 Å². The van der Waals surface area contributed by atoms with E-state index in [4.69, 9.17) is 19.4 Å². The van der Waals surface area contributed by atoms with Crippen LogP contribution in [-0.2, 0) is 6.42 Å². The molecule has 5 heteroatoms. The minimum absolute atomic E-state index is 0.588. The highest BCUT2D eigenvalue weighted by molar-refractivity contribution is 6.23. The van der Waals surface area contributed by atoms with Crippen molar-refractivity contribution in [3.8, 4) is 51.0 Å². The Kier molecular flexibility index (Phi) is 7.53. The number of hydrogen-bond acceptors (Lipinski definition) is 4. The van der Waals surface area contributed by atoms with E-state index in [9.17, 15) is 0 Å². The quantitative estimate of drug-likeness (QED) is 0.176. The van der Waals surface area contributed by atoms with Gasteiger partial charge in [-0.1, -0.05) is 152 Å². The van der Waals surface area contributed by atoms with Crippen molar-refractivity contribution in [2.24, 2.45) is 0 Å². The van der Waals surface area contributed by atoms with Gasteiger partial charge in [0.15, 0.2) is 17.5 Å². The fourth-order valence-electron chi connectivity index (χ4n) is 8.85. The molecule has 0 amide bonds. The standard InChI is InChI=1S/C54H34N4O/c1-4-12-34(13-5-1)35-20-22-39(23-21-35)53-55-52(38-16-7-2-8-17-38)56-54(57-53)40-24-28-44-45-33-41(27-31-48(45)59-49(44)32-40)58-46-29-25-36-14-6-3-9-18-42(36)50(46)51-43-19-11-10-15-37(43)26-30-47(51)58/h1-13,15-33H,14H2. The van der Waals surface area contributed by atoms with Crippen LogP contribution in [0.15, 0.2) is 193 Å². The zero-order valence-corrected chi connectivity index (χ0v) is 31.9. The summed E-state index contributed by atoms with van der Waals surface area (Å²) < 4.78 is 9.01. The lowest BCUT2D eigenvalue weighted by Crippen LogP contribution is -2.00. The summed E-state index contributed by atoms with van der Waals surface area (Å²) in [5, 5.41) is 7.15. The van der Waals surface area contributed by atoms with Crippen LogP contribution in [0, 0.1) is 0 Å². The van der Waals surface area contributed by atoms with Crippen molar-refractivity contribution in [3.63, 3.8) is 0 Å². The van der Waals surface area contributed by atoms with Crippen molar-refractivity contribution in [1.82, 2.24) is 19.5 Å². The Morgan fingerprint density at radius 1 is 0.441 bits per heavy atom. The van der Waals surface area contributed by atoms with Gasteiger partial charge in [0.25, 0.3) is 0 Å². The third kappa shape index (κ3) is 5.51. The molecule has 0 bridgehead atoms. The van der Waals surface area contributed by atoms with Gasteiger partial charge in [-0.3, -0.25) is 0 Å². The number of hydrogen-bond donors (Lipinski definition) is 0. The van der Waals surface area contributed by atoms with Crippen molar-refractivity contribution in [2.75, 3.05) is 0 Å². The first kappa shape index (κ1) is 33.3. The third-order valence-electron chi connectivity index (χ3n) is 11.7. The fourth-order valence-corrected chi connectivity index (χ4v) is 8.85. The molecule has 11 aromatic rings. The number of benzene rings is 8. The molecule has 3 aromatic heterocycles. The van der Waals surface area contributed by atoms with E-state index in [1.165, 1.54) is 49.3 Å². The Morgan fingerprint density at radius 3 is 1.90 bits per heavy atom. The molecule has 59 heavy (non-hydrogen) atoms. The van der Waals surface area contributed by atoms with E-state index in [1.54, 1.807) is 0 Å². The smallest absolute Gasteiger partial charge is 0.164 e. The summed E-state index contributed by atoms with van der Waals surface area (Å²) >= 11 is 0. The lowest BCUT2D eigenvalue weighted by molar-refractivity contribution is 0.669. The van der Waals surface area contributed by atoms with Crippen molar-refractivity contribution in [2.45, 2.75) is 6.42 Å². The highest BCUT2D eigenvalue weighted by Gasteiger charge is 2.21. The van der Waals surface area contributed by atoms with Crippen LogP contribution in [0.3, 0.4) is 0 Å². The van der Waals surface area contributed by atoms with E-state index in [-0.39, 0.29) is 0 Å². The molecule has 5 nitrogen and oxygen atoms in total. The van der Waals surface area contributed by atoms with Gasteiger partial charge in [0.2, 0.25) is 0 Å². The molecule has 276 valence electrons. The second-order valence-electron chi connectivity index (χ2n) is 15.1. The first-order valence-corrected chi connectivity index (χ1v) is 20.0. The van der Waals surface area contributed by atoms with Crippen molar-refractivity contribution in [3.05, 3.63) is 199 Å². The highest BCUT2D eigenvalue weighted by Crippen LogP contribution is 2.42. The maximum Gasteiger partial charge on any atom is 0.164 e. The highest BCUT2D eigenvalue weighted by atomic mass is 16.3. The van der Waals surface area contributed by atoms with Crippen LogP contribution >= 0.6 is 0 Å². The Morgan fingerprint density at radius 2 is 1.08 bits per heavy atom. The van der Waals surface area contributed by atoms with Crippen LogP contribution in [0.2, 0.25) is 0 Å². The van der Waals surface area contributed by atoms with Crippen molar-refractivity contribution < 1.29 is 4.42 Å². The average Bonchev–Trinajstić information content (AvgIpc) is 3.74. The number of aromatic nitrogens is 4.